The topological polar surface area (TPSA) is 59.1 Å². The maximum atomic E-state index is 13.5. The number of ether oxygens (including phenoxy) is 2. The number of likely N-dealkylation sites (tertiary alicyclic amines) is 1. The molecule has 2 heterocycles. The second-order valence-corrected chi connectivity index (χ2v) is 9.66. The van der Waals surface area contributed by atoms with Gasteiger partial charge in [0.05, 0.1) is 12.6 Å². The van der Waals surface area contributed by atoms with Crippen LogP contribution < -0.4 is 4.74 Å². The minimum atomic E-state index is -3.53. The maximum absolute atomic E-state index is 13.5. The van der Waals surface area contributed by atoms with Crippen molar-refractivity contribution in [3.8, 4) is 5.75 Å². The summed E-state index contributed by atoms with van der Waals surface area (Å²) < 4.78 is 40.5. The van der Waals surface area contributed by atoms with Gasteiger partial charge in [0.1, 0.15) is 16.7 Å². The first kappa shape index (κ1) is 19.2. The summed E-state index contributed by atoms with van der Waals surface area (Å²) in [4.78, 5) is 2.70. The van der Waals surface area contributed by atoms with E-state index in [9.17, 15) is 8.42 Å². The third-order valence-electron chi connectivity index (χ3n) is 5.88. The molecule has 0 amide bonds. The predicted octanol–water partition coefficient (Wildman–Crippen LogP) is 2.35. The van der Waals surface area contributed by atoms with E-state index in [1.807, 2.05) is 13.0 Å². The summed E-state index contributed by atoms with van der Waals surface area (Å²) in [6.07, 6.45) is 3.80. The lowest BCUT2D eigenvalue weighted by atomic mass is 10.1. The number of sulfonamides is 1. The molecule has 1 aromatic rings. The van der Waals surface area contributed by atoms with Gasteiger partial charge in [0, 0.05) is 26.2 Å². The molecule has 0 N–H and O–H groups in total. The van der Waals surface area contributed by atoms with Gasteiger partial charge < -0.3 is 14.4 Å². The van der Waals surface area contributed by atoms with Crippen molar-refractivity contribution in [2.75, 3.05) is 39.4 Å². The summed E-state index contributed by atoms with van der Waals surface area (Å²) in [6, 6.07) is 7.02. The molecular formula is C20H30N2O4S. The summed E-state index contributed by atoms with van der Waals surface area (Å²) in [5, 5.41) is 0. The van der Waals surface area contributed by atoms with Crippen molar-refractivity contribution in [2.45, 2.75) is 49.6 Å². The van der Waals surface area contributed by atoms with Crippen LogP contribution in [0.2, 0.25) is 0 Å². The molecule has 1 aliphatic carbocycles. The van der Waals surface area contributed by atoms with E-state index in [1.165, 1.54) is 0 Å². The third-order valence-corrected chi connectivity index (χ3v) is 7.81. The molecule has 1 saturated carbocycles. The number of rotatable bonds is 6. The number of hydrogen-bond acceptors (Lipinski definition) is 5. The van der Waals surface area contributed by atoms with Gasteiger partial charge in [-0.3, -0.25) is 0 Å². The molecule has 0 aromatic heterocycles. The van der Waals surface area contributed by atoms with Crippen LogP contribution >= 0.6 is 0 Å². The van der Waals surface area contributed by atoms with Gasteiger partial charge in [-0.1, -0.05) is 12.1 Å². The third kappa shape index (κ3) is 4.16. The Morgan fingerprint density at radius 3 is 2.70 bits per heavy atom. The Hall–Kier alpha value is -1.15. The van der Waals surface area contributed by atoms with Gasteiger partial charge in [-0.15, -0.1) is 0 Å². The zero-order chi connectivity index (χ0) is 18.9. The minimum Gasteiger partial charge on any atom is -0.487 e. The van der Waals surface area contributed by atoms with Crippen LogP contribution in [0.5, 0.6) is 5.75 Å². The molecular weight excluding hydrogens is 364 g/mol. The highest BCUT2D eigenvalue weighted by Gasteiger charge is 2.45. The quantitative estimate of drug-likeness (QED) is 0.693. The van der Waals surface area contributed by atoms with Crippen molar-refractivity contribution >= 4 is 10.0 Å². The normalized spacial score (nSPS) is 28.5. The number of hydrogen-bond donors (Lipinski definition) is 0. The number of nitrogens with zero attached hydrogens (tertiary/aromatic N) is 2. The second-order valence-electron chi connectivity index (χ2n) is 7.80. The van der Waals surface area contributed by atoms with Crippen LogP contribution in [-0.2, 0) is 14.8 Å². The van der Waals surface area contributed by atoms with Crippen LogP contribution in [0.15, 0.2) is 29.2 Å². The molecule has 6 nitrogen and oxygen atoms in total. The Bertz CT molecular complexity index is 750. The largest absolute Gasteiger partial charge is 0.487 e. The van der Waals surface area contributed by atoms with Gasteiger partial charge in [-0.05, 0) is 57.2 Å². The average molecular weight is 395 g/mol. The van der Waals surface area contributed by atoms with Crippen LogP contribution in [0.3, 0.4) is 0 Å². The van der Waals surface area contributed by atoms with Crippen molar-refractivity contribution < 1.29 is 17.9 Å². The summed E-state index contributed by atoms with van der Waals surface area (Å²) in [7, 11) is -3.53. The van der Waals surface area contributed by atoms with Crippen LogP contribution in [0.1, 0.15) is 32.6 Å². The molecule has 3 aliphatic rings. The van der Waals surface area contributed by atoms with Gasteiger partial charge in [0.2, 0.25) is 10.0 Å². The van der Waals surface area contributed by atoms with Crippen molar-refractivity contribution in [3.63, 3.8) is 0 Å². The monoisotopic (exact) mass is 394 g/mol. The van der Waals surface area contributed by atoms with Crippen molar-refractivity contribution in [3.05, 3.63) is 24.3 Å². The average Bonchev–Trinajstić information content (AvgIpc) is 3.49. The highest BCUT2D eigenvalue weighted by Crippen LogP contribution is 2.39. The highest BCUT2D eigenvalue weighted by atomic mass is 32.2. The second kappa shape index (κ2) is 8.07. The van der Waals surface area contributed by atoms with Crippen molar-refractivity contribution in [1.29, 1.82) is 0 Å². The number of benzene rings is 1. The van der Waals surface area contributed by atoms with Crippen molar-refractivity contribution in [2.24, 2.45) is 5.92 Å². The number of fused-ring (bicyclic) bond motifs is 2. The summed E-state index contributed by atoms with van der Waals surface area (Å²) in [5.74, 6) is 1.01. The fourth-order valence-corrected chi connectivity index (χ4v) is 6.04. The molecule has 2 fully saturated rings. The van der Waals surface area contributed by atoms with Crippen molar-refractivity contribution in [1.82, 2.24) is 9.21 Å². The molecule has 2 atom stereocenters. The fraction of sp³-hybridized carbons (Fsp3) is 0.700. The predicted molar refractivity (Wildman–Crippen MR) is 103 cm³/mol. The van der Waals surface area contributed by atoms with E-state index >= 15 is 0 Å². The molecule has 0 spiro atoms. The number of para-hydroxylation sites is 1. The fourth-order valence-electron chi connectivity index (χ4n) is 4.16. The summed E-state index contributed by atoms with van der Waals surface area (Å²) in [6.45, 7) is 6.76. The lowest BCUT2D eigenvalue weighted by Crippen LogP contribution is -2.48. The van der Waals surface area contributed by atoms with E-state index in [4.69, 9.17) is 9.47 Å². The Balaban J connectivity index is 1.60. The van der Waals surface area contributed by atoms with Gasteiger partial charge >= 0.3 is 0 Å². The smallest absolute Gasteiger partial charge is 0.247 e. The first-order valence-electron chi connectivity index (χ1n) is 10.2. The Morgan fingerprint density at radius 2 is 1.93 bits per heavy atom. The first-order valence-corrected chi connectivity index (χ1v) is 11.6. The molecule has 2 aliphatic heterocycles. The lowest BCUT2D eigenvalue weighted by molar-refractivity contribution is 0.107. The molecule has 7 heteroatoms. The van der Waals surface area contributed by atoms with E-state index < -0.39 is 10.0 Å². The van der Waals surface area contributed by atoms with E-state index in [1.54, 1.807) is 22.5 Å². The van der Waals surface area contributed by atoms with Gasteiger partial charge in [0.25, 0.3) is 0 Å². The molecule has 4 rings (SSSR count). The molecule has 0 unspecified atom stereocenters. The van der Waals surface area contributed by atoms with Crippen LogP contribution in [0, 0.1) is 5.92 Å². The molecule has 1 saturated heterocycles. The lowest BCUT2D eigenvalue weighted by Gasteiger charge is -2.31. The SMILES string of the molecule is CCOCCN1CC[C@@H]2Oc3ccccc3S(=O)(=O)N(CC3CC3)[C@@H]2CC1. The van der Waals surface area contributed by atoms with Crippen LogP contribution in [0.4, 0.5) is 0 Å². The molecule has 0 radical (unpaired) electrons. The maximum Gasteiger partial charge on any atom is 0.247 e. The summed E-state index contributed by atoms with van der Waals surface area (Å²) in [5.41, 5.74) is 0. The molecule has 150 valence electrons. The minimum absolute atomic E-state index is 0.0971. The van der Waals surface area contributed by atoms with Crippen LogP contribution in [0.25, 0.3) is 0 Å². The van der Waals surface area contributed by atoms with Gasteiger partial charge in [-0.25, -0.2) is 8.42 Å². The van der Waals surface area contributed by atoms with Crippen LogP contribution in [-0.4, -0.2) is 69.2 Å². The van der Waals surface area contributed by atoms with E-state index in [0.29, 0.717) is 23.1 Å². The Labute approximate surface area is 162 Å². The van der Waals surface area contributed by atoms with E-state index in [-0.39, 0.29) is 12.1 Å². The van der Waals surface area contributed by atoms with Gasteiger partial charge in [0.15, 0.2) is 0 Å². The standard InChI is InChI=1S/C20H30N2O4S/c1-2-25-14-13-21-11-9-17-18(10-12-21)26-19-5-3-4-6-20(19)27(23,24)22(17)15-16-7-8-16/h3-6,16-18H,2,7-15H2,1H3/t17-,18+/m1/s1. The zero-order valence-electron chi connectivity index (χ0n) is 16.0. The Kier molecular flexibility index (Phi) is 5.73. The van der Waals surface area contributed by atoms with E-state index in [0.717, 1.165) is 58.5 Å². The Morgan fingerprint density at radius 1 is 1.15 bits per heavy atom. The molecule has 27 heavy (non-hydrogen) atoms. The zero-order valence-corrected chi connectivity index (χ0v) is 16.9. The van der Waals surface area contributed by atoms with Gasteiger partial charge in [-0.2, -0.15) is 4.31 Å². The molecule has 1 aromatic carbocycles. The highest BCUT2D eigenvalue weighted by molar-refractivity contribution is 7.89. The summed E-state index contributed by atoms with van der Waals surface area (Å²) >= 11 is 0. The van der Waals surface area contributed by atoms with E-state index in [2.05, 4.69) is 4.90 Å². The first-order chi connectivity index (χ1) is 13.1. The molecule has 0 bridgehead atoms.